The second kappa shape index (κ2) is 6.95. The second-order valence-corrected chi connectivity index (χ2v) is 7.78. The molecule has 0 spiro atoms. The molecular weight excluding hydrogens is 346 g/mol. The lowest BCUT2D eigenvalue weighted by Gasteiger charge is -2.32. The number of rotatable bonds is 3. The molecule has 6 nitrogen and oxygen atoms in total. The maximum absolute atomic E-state index is 11.4. The van der Waals surface area contributed by atoms with E-state index in [4.69, 9.17) is 4.74 Å². The van der Waals surface area contributed by atoms with Gasteiger partial charge in [0.05, 0.1) is 6.54 Å². The minimum Gasteiger partial charge on any atom is -0.480 e. The highest BCUT2D eigenvalue weighted by molar-refractivity contribution is 5.80. The summed E-state index contributed by atoms with van der Waals surface area (Å²) < 4.78 is 5.90. The van der Waals surface area contributed by atoms with Crippen molar-refractivity contribution in [3.05, 3.63) is 59.2 Å². The van der Waals surface area contributed by atoms with Crippen molar-refractivity contribution < 1.29 is 24.5 Å². The first kappa shape index (κ1) is 18.8. The quantitative estimate of drug-likeness (QED) is 0.844. The Morgan fingerprint density at radius 2 is 1.63 bits per heavy atom. The average Bonchev–Trinajstić information content (AvgIpc) is 2.60. The molecule has 1 amide bonds. The number of hydrogen-bond donors (Lipinski definition) is 2. The van der Waals surface area contributed by atoms with E-state index in [1.807, 2.05) is 30.3 Å². The van der Waals surface area contributed by atoms with Gasteiger partial charge < -0.3 is 14.9 Å². The van der Waals surface area contributed by atoms with Gasteiger partial charge in [0, 0.05) is 6.42 Å². The molecule has 1 heterocycles. The molecular formula is C21H23NO5. The lowest BCUT2D eigenvalue weighted by atomic mass is 9.87. The lowest BCUT2D eigenvalue weighted by Crippen LogP contribution is -2.48. The average molecular weight is 369 g/mol. The van der Waals surface area contributed by atoms with Crippen molar-refractivity contribution in [1.82, 2.24) is 4.90 Å². The molecule has 1 aliphatic heterocycles. The van der Waals surface area contributed by atoms with Gasteiger partial charge in [0.25, 0.3) is 0 Å². The first-order chi connectivity index (χ1) is 12.6. The standard InChI is InChI=1S/C21H23NO5/c1-21(2,3)15-5-8-16(9-6-15)27-17-7-4-13-11-18(19(23)24)22(20(25)26)12-14(13)10-17/h4-10,18H,11-12H2,1-3H3,(H,23,24)(H,25,26). The Hall–Kier alpha value is -3.02. The largest absolute Gasteiger partial charge is 0.480 e. The number of aliphatic carboxylic acids is 1. The zero-order valence-corrected chi connectivity index (χ0v) is 15.6. The molecule has 0 aromatic heterocycles. The molecule has 0 aliphatic carbocycles. The first-order valence-corrected chi connectivity index (χ1v) is 8.78. The van der Waals surface area contributed by atoms with Gasteiger partial charge >= 0.3 is 12.1 Å². The fourth-order valence-corrected chi connectivity index (χ4v) is 3.20. The highest BCUT2D eigenvalue weighted by Gasteiger charge is 2.34. The van der Waals surface area contributed by atoms with Crippen LogP contribution in [-0.4, -0.2) is 33.2 Å². The smallest absolute Gasteiger partial charge is 0.408 e. The summed E-state index contributed by atoms with van der Waals surface area (Å²) in [6.45, 7) is 6.46. The maximum Gasteiger partial charge on any atom is 0.408 e. The summed E-state index contributed by atoms with van der Waals surface area (Å²) in [5, 5.41) is 18.6. The zero-order valence-electron chi connectivity index (χ0n) is 15.6. The van der Waals surface area contributed by atoms with Crippen LogP contribution in [0.15, 0.2) is 42.5 Å². The van der Waals surface area contributed by atoms with E-state index in [0.29, 0.717) is 11.5 Å². The summed E-state index contributed by atoms with van der Waals surface area (Å²) in [5.41, 5.74) is 2.86. The molecule has 6 heteroatoms. The Morgan fingerprint density at radius 1 is 1.00 bits per heavy atom. The van der Waals surface area contributed by atoms with Crippen molar-refractivity contribution in [2.45, 2.75) is 45.2 Å². The third-order valence-electron chi connectivity index (χ3n) is 4.79. The molecule has 0 radical (unpaired) electrons. The van der Waals surface area contributed by atoms with Gasteiger partial charge in [0.1, 0.15) is 17.5 Å². The Labute approximate surface area is 158 Å². The van der Waals surface area contributed by atoms with Gasteiger partial charge in [0.15, 0.2) is 0 Å². The van der Waals surface area contributed by atoms with Gasteiger partial charge in [-0.05, 0) is 46.4 Å². The summed E-state index contributed by atoms with van der Waals surface area (Å²) in [5.74, 6) is 0.149. The summed E-state index contributed by atoms with van der Waals surface area (Å²) in [4.78, 5) is 23.7. The Morgan fingerprint density at radius 3 is 2.19 bits per heavy atom. The molecule has 3 rings (SSSR count). The lowest BCUT2D eigenvalue weighted by molar-refractivity contribution is -0.143. The molecule has 2 aromatic rings. The van der Waals surface area contributed by atoms with Crippen LogP contribution in [0.3, 0.4) is 0 Å². The van der Waals surface area contributed by atoms with E-state index in [9.17, 15) is 19.8 Å². The Bertz CT molecular complexity index is 867. The van der Waals surface area contributed by atoms with E-state index in [0.717, 1.165) is 16.0 Å². The number of fused-ring (bicyclic) bond motifs is 1. The van der Waals surface area contributed by atoms with Crippen LogP contribution in [0.2, 0.25) is 0 Å². The number of nitrogens with zero attached hydrogens (tertiary/aromatic N) is 1. The topological polar surface area (TPSA) is 87.1 Å². The number of hydrogen-bond acceptors (Lipinski definition) is 3. The van der Waals surface area contributed by atoms with E-state index < -0.39 is 18.1 Å². The van der Waals surface area contributed by atoms with E-state index >= 15 is 0 Å². The van der Waals surface area contributed by atoms with Crippen LogP contribution in [0, 0.1) is 0 Å². The van der Waals surface area contributed by atoms with Gasteiger partial charge in [-0.1, -0.05) is 39.0 Å². The summed E-state index contributed by atoms with van der Waals surface area (Å²) in [6.07, 6.45) is -1.09. The molecule has 0 fully saturated rings. The van der Waals surface area contributed by atoms with Crippen molar-refractivity contribution >= 4 is 12.1 Å². The minimum atomic E-state index is -1.24. The predicted molar refractivity (Wildman–Crippen MR) is 100 cm³/mol. The predicted octanol–water partition coefficient (Wildman–Crippen LogP) is 4.27. The molecule has 27 heavy (non-hydrogen) atoms. The van der Waals surface area contributed by atoms with Crippen molar-refractivity contribution in [3.63, 3.8) is 0 Å². The van der Waals surface area contributed by atoms with E-state index in [1.54, 1.807) is 12.1 Å². The third-order valence-corrected chi connectivity index (χ3v) is 4.79. The molecule has 0 saturated heterocycles. The molecule has 1 aliphatic rings. The van der Waals surface area contributed by atoms with Crippen LogP contribution in [-0.2, 0) is 23.2 Å². The van der Waals surface area contributed by atoms with Gasteiger partial charge in [0.2, 0.25) is 0 Å². The van der Waals surface area contributed by atoms with Crippen molar-refractivity contribution in [3.8, 4) is 11.5 Å². The van der Waals surface area contributed by atoms with Crippen LogP contribution >= 0.6 is 0 Å². The molecule has 2 N–H and O–H groups in total. The number of carboxylic acid groups (broad SMARTS) is 2. The Balaban J connectivity index is 1.81. The van der Waals surface area contributed by atoms with Crippen molar-refractivity contribution in [2.24, 2.45) is 0 Å². The van der Waals surface area contributed by atoms with Crippen molar-refractivity contribution in [2.75, 3.05) is 0 Å². The number of ether oxygens (including phenoxy) is 1. The van der Waals surface area contributed by atoms with Gasteiger partial charge in [-0.2, -0.15) is 0 Å². The zero-order chi connectivity index (χ0) is 19.8. The van der Waals surface area contributed by atoms with Crippen molar-refractivity contribution in [1.29, 1.82) is 0 Å². The number of benzene rings is 2. The molecule has 142 valence electrons. The number of carboxylic acids is 1. The number of amides is 1. The highest BCUT2D eigenvalue weighted by atomic mass is 16.5. The van der Waals surface area contributed by atoms with E-state index in [1.165, 1.54) is 5.56 Å². The highest BCUT2D eigenvalue weighted by Crippen LogP contribution is 2.31. The van der Waals surface area contributed by atoms with Gasteiger partial charge in [-0.3, -0.25) is 4.90 Å². The molecule has 0 bridgehead atoms. The third kappa shape index (κ3) is 4.05. The molecule has 1 atom stereocenters. The van der Waals surface area contributed by atoms with E-state index in [-0.39, 0.29) is 18.4 Å². The summed E-state index contributed by atoms with van der Waals surface area (Å²) in [7, 11) is 0. The van der Waals surface area contributed by atoms with E-state index in [2.05, 4.69) is 20.8 Å². The number of carbonyl (C=O) groups is 2. The van der Waals surface area contributed by atoms with Crippen LogP contribution in [0.1, 0.15) is 37.5 Å². The van der Waals surface area contributed by atoms with Crippen LogP contribution < -0.4 is 4.74 Å². The Kier molecular flexibility index (Phi) is 4.83. The summed E-state index contributed by atoms with van der Waals surface area (Å²) in [6, 6.07) is 12.2. The SMILES string of the molecule is CC(C)(C)c1ccc(Oc2ccc3c(c2)CN(C(=O)O)C(C(=O)O)C3)cc1. The van der Waals surface area contributed by atoms with Gasteiger partial charge in [-0.15, -0.1) is 0 Å². The van der Waals surface area contributed by atoms with Crippen LogP contribution in [0.25, 0.3) is 0 Å². The van der Waals surface area contributed by atoms with Crippen LogP contribution in [0.5, 0.6) is 11.5 Å². The fraction of sp³-hybridized carbons (Fsp3) is 0.333. The maximum atomic E-state index is 11.4. The molecule has 1 unspecified atom stereocenters. The van der Waals surface area contributed by atoms with Crippen LogP contribution in [0.4, 0.5) is 4.79 Å². The monoisotopic (exact) mass is 369 g/mol. The normalized spacial score (nSPS) is 16.6. The second-order valence-electron chi connectivity index (χ2n) is 7.78. The molecule has 0 saturated carbocycles. The summed E-state index contributed by atoms with van der Waals surface area (Å²) >= 11 is 0. The minimum absolute atomic E-state index is 0.0296. The molecule has 2 aromatic carbocycles. The fourth-order valence-electron chi connectivity index (χ4n) is 3.20. The van der Waals surface area contributed by atoms with Gasteiger partial charge in [-0.25, -0.2) is 9.59 Å². The first-order valence-electron chi connectivity index (χ1n) is 8.78.